The van der Waals surface area contributed by atoms with Crippen molar-refractivity contribution in [2.24, 2.45) is 0 Å². The molecule has 0 radical (unpaired) electrons. The summed E-state index contributed by atoms with van der Waals surface area (Å²) < 4.78 is 0.984. The Bertz CT molecular complexity index is 1080. The van der Waals surface area contributed by atoms with Gasteiger partial charge in [0, 0.05) is 50.6 Å². The number of hydrogen-bond donors (Lipinski definition) is 2. The number of carbonyl (C=O) groups excluding carboxylic acids is 3. The van der Waals surface area contributed by atoms with Gasteiger partial charge < -0.3 is 10.2 Å². The van der Waals surface area contributed by atoms with E-state index in [1.165, 1.54) is 4.90 Å². The molecule has 10 nitrogen and oxygen atoms in total. The van der Waals surface area contributed by atoms with E-state index >= 15 is 0 Å². The fourth-order valence-electron chi connectivity index (χ4n) is 3.48. The van der Waals surface area contributed by atoms with Crippen LogP contribution >= 0.6 is 22.6 Å². The number of hydrogen-bond acceptors (Lipinski definition) is 7. The van der Waals surface area contributed by atoms with Crippen molar-refractivity contribution >= 4 is 58.1 Å². The molecule has 2 aromatic rings. The molecule has 0 atom stereocenters. The second kappa shape index (κ2) is 10.00. The number of halogens is 1. The highest BCUT2D eigenvalue weighted by Crippen LogP contribution is 2.28. The van der Waals surface area contributed by atoms with Gasteiger partial charge in [0.15, 0.2) is 6.29 Å². The van der Waals surface area contributed by atoms with Gasteiger partial charge in [-0.1, -0.05) is 6.07 Å². The fraction of sp³-hybridized carbons (Fsp3) is 0.409. The van der Waals surface area contributed by atoms with Crippen molar-refractivity contribution in [3.05, 3.63) is 39.2 Å². The topological polar surface area (TPSA) is 111 Å². The molecule has 4 rings (SSSR count). The van der Waals surface area contributed by atoms with Crippen LogP contribution in [-0.4, -0.2) is 77.8 Å². The number of urea groups is 1. The third-order valence-corrected chi connectivity index (χ3v) is 6.52. The van der Waals surface area contributed by atoms with Gasteiger partial charge in [-0.25, -0.2) is 14.8 Å². The molecule has 11 heteroatoms. The number of nitrogens with zero attached hydrogens (tertiary/aromatic N) is 5. The highest BCUT2D eigenvalue weighted by Gasteiger charge is 2.24. The van der Waals surface area contributed by atoms with Crippen molar-refractivity contribution in [2.75, 3.05) is 49.3 Å². The normalized spacial score (nSPS) is 16.5. The molecule has 1 saturated heterocycles. The van der Waals surface area contributed by atoms with E-state index in [1.807, 2.05) is 18.0 Å². The number of pyridine rings is 2. The van der Waals surface area contributed by atoms with Crippen molar-refractivity contribution in [3.63, 3.8) is 0 Å². The Morgan fingerprint density at radius 2 is 2.12 bits per heavy atom. The van der Waals surface area contributed by atoms with Gasteiger partial charge in [-0.3, -0.25) is 24.7 Å². The van der Waals surface area contributed by atoms with Crippen molar-refractivity contribution in [3.8, 4) is 0 Å². The predicted octanol–water partition coefficient (Wildman–Crippen LogP) is 2.41. The summed E-state index contributed by atoms with van der Waals surface area (Å²) in [5, 5.41) is 6.20. The minimum atomic E-state index is -0.424. The van der Waals surface area contributed by atoms with Crippen molar-refractivity contribution in [2.45, 2.75) is 25.4 Å². The van der Waals surface area contributed by atoms with E-state index in [1.54, 1.807) is 30.3 Å². The van der Waals surface area contributed by atoms with Crippen LogP contribution in [-0.2, 0) is 11.3 Å². The molecule has 0 spiro atoms. The van der Waals surface area contributed by atoms with Crippen molar-refractivity contribution in [1.82, 2.24) is 19.8 Å². The number of anilines is 3. The molecule has 1 aliphatic carbocycles. The summed E-state index contributed by atoms with van der Waals surface area (Å²) in [7, 11) is 3.48. The van der Waals surface area contributed by atoms with Crippen LogP contribution in [0.4, 0.5) is 22.1 Å². The maximum atomic E-state index is 12.8. The number of nitrogens with one attached hydrogen (secondary N) is 2. The van der Waals surface area contributed by atoms with Crippen LogP contribution < -0.4 is 15.5 Å². The van der Waals surface area contributed by atoms with Crippen molar-refractivity contribution < 1.29 is 14.4 Å². The van der Waals surface area contributed by atoms with Gasteiger partial charge in [0.1, 0.15) is 17.3 Å². The van der Waals surface area contributed by atoms with E-state index in [9.17, 15) is 14.4 Å². The molecule has 1 aliphatic heterocycles. The molecule has 2 N–H and O–H groups in total. The molecule has 33 heavy (non-hydrogen) atoms. The highest BCUT2D eigenvalue weighted by atomic mass is 127. The van der Waals surface area contributed by atoms with E-state index in [4.69, 9.17) is 0 Å². The highest BCUT2D eigenvalue weighted by molar-refractivity contribution is 14.1. The summed E-state index contributed by atoms with van der Waals surface area (Å²) in [5.74, 6) is 0.767. The molecule has 2 aliphatic rings. The maximum absolute atomic E-state index is 12.8. The van der Waals surface area contributed by atoms with Gasteiger partial charge in [-0.2, -0.15) is 0 Å². The number of carbonyl (C=O) groups is 3. The van der Waals surface area contributed by atoms with E-state index in [2.05, 4.69) is 43.2 Å². The minimum absolute atomic E-state index is 0.0155. The fourth-order valence-corrected chi connectivity index (χ4v) is 3.93. The summed E-state index contributed by atoms with van der Waals surface area (Å²) in [4.78, 5) is 50.4. The molecule has 174 valence electrons. The van der Waals surface area contributed by atoms with Crippen LogP contribution in [0, 0.1) is 3.57 Å². The van der Waals surface area contributed by atoms with Crippen molar-refractivity contribution in [1.29, 1.82) is 0 Å². The van der Waals surface area contributed by atoms with Crippen LogP contribution in [0.15, 0.2) is 24.4 Å². The maximum Gasteiger partial charge on any atom is 0.328 e. The first-order valence-electron chi connectivity index (χ1n) is 10.7. The number of piperazine rings is 1. The summed E-state index contributed by atoms with van der Waals surface area (Å²) in [6, 6.07) is 5.28. The molecule has 1 saturated carbocycles. The second-order valence-corrected chi connectivity index (χ2v) is 9.50. The minimum Gasteiger partial charge on any atom is -0.381 e. The zero-order valence-corrected chi connectivity index (χ0v) is 20.7. The molecule has 0 bridgehead atoms. The summed E-state index contributed by atoms with van der Waals surface area (Å²) >= 11 is 2.21. The average Bonchev–Trinajstić information content (AvgIpc) is 3.61. The van der Waals surface area contributed by atoms with Crippen LogP contribution in [0.25, 0.3) is 0 Å². The van der Waals surface area contributed by atoms with Gasteiger partial charge >= 0.3 is 6.03 Å². The quantitative estimate of drug-likeness (QED) is 0.393. The number of rotatable bonds is 7. The average molecular weight is 563 g/mol. The van der Waals surface area contributed by atoms with E-state index in [0.717, 1.165) is 28.6 Å². The summed E-state index contributed by atoms with van der Waals surface area (Å²) in [5.41, 5.74) is 1.80. The number of aromatic nitrogens is 2. The lowest BCUT2D eigenvalue weighted by Crippen LogP contribution is -2.48. The third kappa shape index (κ3) is 5.77. The Hall–Kier alpha value is -2.80. The molecular weight excluding hydrogens is 537 g/mol. The first-order valence-corrected chi connectivity index (χ1v) is 11.8. The predicted molar refractivity (Wildman–Crippen MR) is 134 cm³/mol. The summed E-state index contributed by atoms with van der Waals surface area (Å²) in [6.07, 6.45) is 4.65. The lowest BCUT2D eigenvalue weighted by Gasteiger charge is -2.32. The Morgan fingerprint density at radius 3 is 2.82 bits per heavy atom. The van der Waals surface area contributed by atoms with E-state index < -0.39 is 6.03 Å². The monoisotopic (exact) mass is 563 g/mol. The number of aldehydes is 1. The molecule has 0 aromatic carbocycles. The molecular formula is C22H26IN7O3. The van der Waals surface area contributed by atoms with Crippen LogP contribution in [0.5, 0.6) is 0 Å². The zero-order valence-electron chi connectivity index (χ0n) is 18.5. The van der Waals surface area contributed by atoms with Gasteiger partial charge in [-0.05, 0) is 48.5 Å². The SMILES string of the molecule is CN1CCN(Cc2ccc(N(C)C(=O)Nc3cc(NC4CC4)c(I)cn3)nc2C=O)C(=O)C1. The van der Waals surface area contributed by atoms with Crippen LogP contribution in [0.2, 0.25) is 0 Å². The Morgan fingerprint density at radius 1 is 1.33 bits per heavy atom. The van der Waals surface area contributed by atoms with E-state index in [0.29, 0.717) is 49.2 Å². The van der Waals surface area contributed by atoms with Crippen LogP contribution in [0.3, 0.4) is 0 Å². The standard InChI is InChI=1S/C22H26IN7O3/c1-28-7-8-30(21(32)12-28)11-14-3-6-20(26-18(14)13-31)29(2)22(33)27-19-9-17(16(23)10-24-19)25-15-4-5-15/h3,6,9-10,13,15H,4-5,7-8,11-12H2,1-2H3,(H2,24,25,27,33). The second-order valence-electron chi connectivity index (χ2n) is 8.34. The van der Waals surface area contributed by atoms with Crippen LogP contribution in [0.1, 0.15) is 28.9 Å². The molecule has 0 unspecified atom stereocenters. The van der Waals surface area contributed by atoms with E-state index in [-0.39, 0.29) is 11.6 Å². The lowest BCUT2D eigenvalue weighted by molar-refractivity contribution is -0.136. The first kappa shape index (κ1) is 23.4. The Labute approximate surface area is 205 Å². The molecule has 2 fully saturated rings. The molecule has 3 amide bonds. The van der Waals surface area contributed by atoms with Gasteiger partial charge in [0.25, 0.3) is 0 Å². The van der Waals surface area contributed by atoms with Gasteiger partial charge in [0.2, 0.25) is 5.91 Å². The number of amides is 3. The first-order chi connectivity index (χ1) is 15.8. The Kier molecular flexibility index (Phi) is 7.08. The molecule has 2 aromatic heterocycles. The smallest absolute Gasteiger partial charge is 0.328 e. The lowest BCUT2D eigenvalue weighted by atomic mass is 10.1. The summed E-state index contributed by atoms with van der Waals surface area (Å²) in [6.45, 7) is 2.04. The molecule has 3 heterocycles. The largest absolute Gasteiger partial charge is 0.381 e. The Balaban J connectivity index is 1.44. The number of likely N-dealkylation sites (N-methyl/N-ethyl adjacent to an activating group) is 1. The van der Waals surface area contributed by atoms with Gasteiger partial charge in [0.05, 0.1) is 15.8 Å². The zero-order chi connectivity index (χ0) is 23.5. The third-order valence-electron chi connectivity index (χ3n) is 5.66. The van der Waals surface area contributed by atoms with Gasteiger partial charge in [-0.15, -0.1) is 0 Å².